The molecule has 0 saturated heterocycles. The highest BCUT2D eigenvalue weighted by atomic mass is 127. The van der Waals surface area contributed by atoms with Gasteiger partial charge in [-0.1, -0.05) is 11.6 Å². The van der Waals surface area contributed by atoms with Crippen molar-refractivity contribution in [2.45, 2.75) is 6.54 Å². The Hall–Kier alpha value is -0.920. The number of hydrogen-bond acceptors (Lipinski definition) is 3. The molecule has 2 aromatic rings. The summed E-state index contributed by atoms with van der Waals surface area (Å²) in [6, 6.07) is 6.97. The van der Waals surface area contributed by atoms with Crippen LogP contribution in [0.4, 0.5) is 0 Å². The second-order valence-electron chi connectivity index (χ2n) is 3.89. The molecule has 0 fully saturated rings. The molecular weight excluding hydrogens is 379 g/mol. The van der Waals surface area contributed by atoms with Crippen molar-refractivity contribution in [2.24, 2.45) is 0 Å². The van der Waals surface area contributed by atoms with E-state index in [1.54, 1.807) is 36.2 Å². The second kappa shape index (κ2) is 6.49. The van der Waals surface area contributed by atoms with Crippen LogP contribution in [0.5, 0.6) is 0 Å². The molecule has 2 rings (SSSR count). The maximum atomic E-state index is 12.4. The van der Waals surface area contributed by atoms with Gasteiger partial charge in [-0.05, 0) is 46.9 Å². The summed E-state index contributed by atoms with van der Waals surface area (Å²) in [4.78, 5) is 12.4. The number of aromatic nitrogens is 2. The average Bonchev–Trinajstić information content (AvgIpc) is 2.87. The lowest BCUT2D eigenvalue weighted by Gasteiger charge is -2.07. The Morgan fingerprint density at radius 2 is 2.26 bits per heavy atom. The fourth-order valence-corrected chi connectivity index (χ4v) is 2.18. The summed E-state index contributed by atoms with van der Waals surface area (Å²) in [5.41, 5.74) is 1.10. The fourth-order valence-electron chi connectivity index (χ4n) is 1.67. The largest absolute Gasteiger partial charge is 0.383 e. The predicted octanol–water partition coefficient (Wildman–Crippen LogP) is 3.02. The number of hydrogen-bond donors (Lipinski definition) is 0. The van der Waals surface area contributed by atoms with Crippen LogP contribution in [0.25, 0.3) is 0 Å². The number of ketones is 1. The van der Waals surface area contributed by atoms with Gasteiger partial charge in [0.2, 0.25) is 5.78 Å². The van der Waals surface area contributed by atoms with Crippen LogP contribution >= 0.6 is 34.2 Å². The molecule has 0 aliphatic rings. The lowest BCUT2D eigenvalue weighted by atomic mass is 10.1. The Labute approximate surface area is 129 Å². The molecule has 0 atom stereocenters. The van der Waals surface area contributed by atoms with E-state index in [4.69, 9.17) is 16.3 Å². The van der Waals surface area contributed by atoms with Gasteiger partial charge >= 0.3 is 0 Å². The van der Waals surface area contributed by atoms with Crippen molar-refractivity contribution < 1.29 is 9.53 Å². The molecule has 1 aromatic carbocycles. The third kappa shape index (κ3) is 3.34. The van der Waals surface area contributed by atoms with E-state index < -0.39 is 0 Å². The number of methoxy groups -OCH3 is 1. The van der Waals surface area contributed by atoms with Crippen LogP contribution < -0.4 is 0 Å². The van der Waals surface area contributed by atoms with Crippen molar-refractivity contribution in [1.82, 2.24) is 9.78 Å². The van der Waals surface area contributed by atoms with Crippen molar-refractivity contribution in [3.05, 3.63) is 50.3 Å². The molecular formula is C13H12ClIN2O2. The monoisotopic (exact) mass is 390 g/mol. The molecule has 100 valence electrons. The van der Waals surface area contributed by atoms with Gasteiger partial charge in [0.1, 0.15) is 5.69 Å². The summed E-state index contributed by atoms with van der Waals surface area (Å²) >= 11 is 8.17. The van der Waals surface area contributed by atoms with Gasteiger partial charge in [-0.25, -0.2) is 0 Å². The molecule has 0 saturated carbocycles. The van der Waals surface area contributed by atoms with E-state index >= 15 is 0 Å². The molecule has 19 heavy (non-hydrogen) atoms. The molecule has 0 bridgehead atoms. The van der Waals surface area contributed by atoms with Crippen molar-refractivity contribution in [3.63, 3.8) is 0 Å². The summed E-state index contributed by atoms with van der Waals surface area (Å²) < 4.78 is 7.55. The molecule has 0 spiro atoms. The van der Waals surface area contributed by atoms with E-state index in [2.05, 4.69) is 27.7 Å². The molecule has 0 aliphatic heterocycles. The van der Waals surface area contributed by atoms with Crippen LogP contribution in [0.1, 0.15) is 16.1 Å². The standard InChI is InChI=1S/C13H12ClIN2O2/c1-19-7-6-17-12(4-5-16-17)13(18)9-2-3-11(15)10(14)8-9/h2-5,8H,6-7H2,1H3. The summed E-state index contributed by atoms with van der Waals surface area (Å²) in [5.74, 6) is -0.0908. The van der Waals surface area contributed by atoms with Crippen molar-refractivity contribution in [1.29, 1.82) is 0 Å². The first-order valence-corrected chi connectivity index (χ1v) is 7.09. The van der Waals surface area contributed by atoms with E-state index in [9.17, 15) is 4.79 Å². The Kier molecular flexibility index (Phi) is 4.95. The van der Waals surface area contributed by atoms with E-state index in [1.807, 2.05) is 6.07 Å². The second-order valence-corrected chi connectivity index (χ2v) is 5.46. The van der Waals surface area contributed by atoms with Crippen LogP contribution in [-0.4, -0.2) is 29.3 Å². The first-order chi connectivity index (χ1) is 9.13. The minimum Gasteiger partial charge on any atom is -0.383 e. The zero-order valence-electron chi connectivity index (χ0n) is 10.3. The van der Waals surface area contributed by atoms with Gasteiger partial charge < -0.3 is 4.74 Å². The molecule has 6 heteroatoms. The normalized spacial score (nSPS) is 10.7. The van der Waals surface area contributed by atoms with Crippen LogP contribution in [0, 0.1) is 3.57 Å². The molecule has 1 aromatic heterocycles. The van der Waals surface area contributed by atoms with Crippen LogP contribution in [0.3, 0.4) is 0 Å². The van der Waals surface area contributed by atoms with E-state index in [-0.39, 0.29) is 5.78 Å². The number of carbonyl (C=O) groups is 1. The van der Waals surface area contributed by atoms with Gasteiger partial charge in [-0.2, -0.15) is 5.10 Å². The van der Waals surface area contributed by atoms with Gasteiger partial charge in [0.05, 0.1) is 18.2 Å². The Morgan fingerprint density at radius 1 is 1.47 bits per heavy atom. The zero-order chi connectivity index (χ0) is 13.8. The van der Waals surface area contributed by atoms with Gasteiger partial charge in [-0.3, -0.25) is 9.48 Å². The Morgan fingerprint density at radius 3 is 2.95 bits per heavy atom. The van der Waals surface area contributed by atoms with E-state index in [0.29, 0.717) is 29.4 Å². The summed E-state index contributed by atoms with van der Waals surface area (Å²) in [7, 11) is 1.61. The molecule has 0 N–H and O–H groups in total. The zero-order valence-corrected chi connectivity index (χ0v) is 13.2. The fraction of sp³-hybridized carbons (Fsp3) is 0.231. The first kappa shape index (κ1) is 14.5. The predicted molar refractivity (Wildman–Crippen MR) is 81.7 cm³/mol. The minimum atomic E-state index is -0.0908. The van der Waals surface area contributed by atoms with E-state index in [0.717, 1.165) is 3.57 Å². The van der Waals surface area contributed by atoms with E-state index in [1.165, 1.54) is 0 Å². The number of rotatable bonds is 5. The summed E-state index contributed by atoms with van der Waals surface area (Å²) in [6.45, 7) is 1.05. The summed E-state index contributed by atoms with van der Waals surface area (Å²) in [5, 5.41) is 4.70. The quantitative estimate of drug-likeness (QED) is 0.582. The highest BCUT2D eigenvalue weighted by Crippen LogP contribution is 2.21. The number of nitrogens with zero attached hydrogens (tertiary/aromatic N) is 2. The number of carbonyl (C=O) groups excluding carboxylic acids is 1. The van der Waals surface area contributed by atoms with Crippen molar-refractivity contribution in [3.8, 4) is 0 Å². The average molecular weight is 391 g/mol. The molecule has 4 nitrogen and oxygen atoms in total. The van der Waals surface area contributed by atoms with Gasteiger partial charge in [0.15, 0.2) is 0 Å². The van der Waals surface area contributed by atoms with Gasteiger partial charge in [0.25, 0.3) is 0 Å². The topological polar surface area (TPSA) is 44.1 Å². The highest BCUT2D eigenvalue weighted by molar-refractivity contribution is 14.1. The lowest BCUT2D eigenvalue weighted by molar-refractivity contribution is 0.102. The number of halogens is 2. The Balaban J connectivity index is 2.28. The first-order valence-electron chi connectivity index (χ1n) is 5.64. The van der Waals surface area contributed by atoms with Crippen LogP contribution in [-0.2, 0) is 11.3 Å². The third-order valence-electron chi connectivity index (χ3n) is 2.64. The molecule has 1 heterocycles. The molecule has 0 aliphatic carbocycles. The maximum Gasteiger partial charge on any atom is 0.211 e. The summed E-state index contributed by atoms with van der Waals surface area (Å²) in [6.07, 6.45) is 1.61. The van der Waals surface area contributed by atoms with Gasteiger partial charge in [-0.15, -0.1) is 0 Å². The van der Waals surface area contributed by atoms with Crippen LogP contribution in [0.2, 0.25) is 5.02 Å². The van der Waals surface area contributed by atoms with Gasteiger partial charge in [0, 0.05) is 22.4 Å². The van der Waals surface area contributed by atoms with Crippen LogP contribution in [0.15, 0.2) is 30.5 Å². The highest BCUT2D eigenvalue weighted by Gasteiger charge is 2.15. The Bertz CT molecular complexity index is 598. The maximum absolute atomic E-state index is 12.4. The molecule has 0 amide bonds. The number of benzene rings is 1. The molecule has 0 radical (unpaired) electrons. The van der Waals surface area contributed by atoms with Crippen molar-refractivity contribution in [2.75, 3.05) is 13.7 Å². The third-order valence-corrected chi connectivity index (χ3v) is 4.21. The van der Waals surface area contributed by atoms with Crippen molar-refractivity contribution >= 4 is 40.0 Å². The lowest BCUT2D eigenvalue weighted by Crippen LogP contribution is -2.14. The molecule has 0 unspecified atom stereocenters. The minimum absolute atomic E-state index is 0.0908. The smallest absolute Gasteiger partial charge is 0.211 e. The SMILES string of the molecule is COCCn1nccc1C(=O)c1ccc(I)c(Cl)c1. The number of ether oxygens (including phenoxy) is 1.